The maximum Gasteiger partial charge on any atom is 0.265 e. The first-order valence-electron chi connectivity index (χ1n) is 5.41. The van der Waals surface area contributed by atoms with Crippen molar-refractivity contribution in [1.29, 1.82) is 0 Å². The van der Waals surface area contributed by atoms with Gasteiger partial charge in [-0.1, -0.05) is 13.8 Å². The zero-order chi connectivity index (χ0) is 11.4. The van der Waals surface area contributed by atoms with E-state index in [0.29, 0.717) is 11.8 Å². The van der Waals surface area contributed by atoms with E-state index < -0.39 is 0 Å². The Labute approximate surface area is 93.5 Å². The van der Waals surface area contributed by atoms with Crippen molar-refractivity contribution in [2.45, 2.75) is 26.3 Å². The van der Waals surface area contributed by atoms with E-state index in [0.717, 1.165) is 18.7 Å². The third-order valence-electron chi connectivity index (χ3n) is 2.33. The van der Waals surface area contributed by atoms with Gasteiger partial charge in [-0.2, -0.15) is 5.10 Å². The first-order valence-corrected chi connectivity index (χ1v) is 5.41. The molecule has 0 saturated carbocycles. The SMILES string of the molecule is CCNC(CC)c1nnc(-c2ccn[nH]2)o1. The number of nitrogens with one attached hydrogen (secondary N) is 2. The van der Waals surface area contributed by atoms with Crippen molar-refractivity contribution in [2.24, 2.45) is 0 Å². The van der Waals surface area contributed by atoms with Crippen LogP contribution in [0.2, 0.25) is 0 Å². The van der Waals surface area contributed by atoms with Crippen LogP contribution in [0.3, 0.4) is 0 Å². The fraction of sp³-hybridized carbons (Fsp3) is 0.500. The molecule has 0 bridgehead atoms. The van der Waals surface area contributed by atoms with E-state index in [4.69, 9.17) is 4.42 Å². The van der Waals surface area contributed by atoms with E-state index in [1.54, 1.807) is 12.3 Å². The number of rotatable bonds is 5. The van der Waals surface area contributed by atoms with E-state index in [2.05, 4.69) is 39.6 Å². The van der Waals surface area contributed by atoms with Gasteiger partial charge in [0.2, 0.25) is 5.89 Å². The molecule has 0 radical (unpaired) electrons. The standard InChI is InChI=1S/C10H15N5O/c1-3-7(11-4-2)9-14-15-10(16-9)8-5-6-12-13-8/h5-7,11H,3-4H2,1-2H3,(H,12,13). The van der Waals surface area contributed by atoms with Crippen LogP contribution in [0, 0.1) is 0 Å². The van der Waals surface area contributed by atoms with Crippen molar-refractivity contribution in [3.05, 3.63) is 18.2 Å². The lowest BCUT2D eigenvalue weighted by Gasteiger charge is -2.09. The molecular weight excluding hydrogens is 206 g/mol. The summed E-state index contributed by atoms with van der Waals surface area (Å²) >= 11 is 0. The van der Waals surface area contributed by atoms with Crippen LogP contribution in [-0.4, -0.2) is 26.9 Å². The van der Waals surface area contributed by atoms with Crippen molar-refractivity contribution in [3.8, 4) is 11.6 Å². The summed E-state index contributed by atoms with van der Waals surface area (Å²) in [5.41, 5.74) is 0.741. The fourth-order valence-electron chi connectivity index (χ4n) is 1.51. The van der Waals surface area contributed by atoms with Gasteiger partial charge < -0.3 is 9.73 Å². The molecule has 2 N–H and O–H groups in total. The molecule has 0 saturated heterocycles. The molecule has 2 aromatic rings. The van der Waals surface area contributed by atoms with E-state index >= 15 is 0 Å². The van der Waals surface area contributed by atoms with Crippen LogP contribution in [0.4, 0.5) is 0 Å². The molecule has 0 aliphatic carbocycles. The van der Waals surface area contributed by atoms with Crippen molar-refractivity contribution < 1.29 is 4.42 Å². The molecule has 0 spiro atoms. The van der Waals surface area contributed by atoms with Crippen LogP contribution in [0.25, 0.3) is 11.6 Å². The average Bonchev–Trinajstić information content (AvgIpc) is 2.95. The second-order valence-corrected chi connectivity index (χ2v) is 3.43. The smallest absolute Gasteiger partial charge is 0.265 e. The minimum absolute atomic E-state index is 0.120. The first-order chi connectivity index (χ1) is 7.85. The van der Waals surface area contributed by atoms with Gasteiger partial charge in [0.1, 0.15) is 5.69 Å². The highest BCUT2D eigenvalue weighted by Gasteiger charge is 2.16. The summed E-state index contributed by atoms with van der Waals surface area (Å²) < 4.78 is 5.58. The Morgan fingerprint density at radius 2 is 2.31 bits per heavy atom. The Morgan fingerprint density at radius 3 is 2.94 bits per heavy atom. The minimum atomic E-state index is 0.120. The van der Waals surface area contributed by atoms with Gasteiger partial charge in [0.15, 0.2) is 0 Å². The lowest BCUT2D eigenvalue weighted by atomic mass is 10.2. The Morgan fingerprint density at radius 1 is 1.44 bits per heavy atom. The Hall–Kier alpha value is -1.69. The van der Waals surface area contributed by atoms with Crippen LogP contribution in [0.1, 0.15) is 32.2 Å². The average molecular weight is 221 g/mol. The number of aromatic amines is 1. The molecule has 0 fully saturated rings. The van der Waals surface area contributed by atoms with E-state index in [-0.39, 0.29) is 6.04 Å². The first kappa shape index (κ1) is 10.8. The topological polar surface area (TPSA) is 79.6 Å². The normalized spacial score (nSPS) is 12.9. The summed E-state index contributed by atoms with van der Waals surface area (Å²) in [6.07, 6.45) is 2.57. The molecule has 0 aromatic carbocycles. The van der Waals surface area contributed by atoms with Gasteiger partial charge >= 0.3 is 0 Å². The molecule has 2 rings (SSSR count). The molecule has 86 valence electrons. The van der Waals surface area contributed by atoms with E-state index in [1.165, 1.54) is 0 Å². The molecule has 6 heteroatoms. The predicted molar refractivity (Wildman–Crippen MR) is 58.6 cm³/mol. The monoisotopic (exact) mass is 221 g/mol. The van der Waals surface area contributed by atoms with Gasteiger partial charge in [0.25, 0.3) is 5.89 Å². The Kier molecular flexibility index (Phi) is 3.31. The molecule has 2 aromatic heterocycles. The van der Waals surface area contributed by atoms with Crippen LogP contribution in [0.5, 0.6) is 0 Å². The van der Waals surface area contributed by atoms with Gasteiger partial charge in [-0.25, -0.2) is 0 Å². The van der Waals surface area contributed by atoms with Gasteiger partial charge in [0, 0.05) is 6.20 Å². The molecule has 16 heavy (non-hydrogen) atoms. The summed E-state index contributed by atoms with van der Waals surface area (Å²) in [5.74, 6) is 1.10. The quantitative estimate of drug-likeness (QED) is 0.800. The molecule has 0 aliphatic rings. The second-order valence-electron chi connectivity index (χ2n) is 3.43. The molecule has 2 heterocycles. The molecule has 6 nitrogen and oxygen atoms in total. The number of nitrogens with zero attached hydrogens (tertiary/aromatic N) is 3. The third kappa shape index (κ3) is 2.11. The van der Waals surface area contributed by atoms with Crippen LogP contribution in [-0.2, 0) is 0 Å². The predicted octanol–water partition coefficient (Wildman–Crippen LogP) is 1.52. The third-order valence-corrected chi connectivity index (χ3v) is 2.33. The minimum Gasteiger partial charge on any atom is -0.418 e. The molecular formula is C10H15N5O. The van der Waals surface area contributed by atoms with E-state index in [1.807, 2.05) is 0 Å². The Bertz CT molecular complexity index is 422. The highest BCUT2D eigenvalue weighted by Crippen LogP contribution is 2.19. The van der Waals surface area contributed by atoms with Crippen molar-refractivity contribution in [2.75, 3.05) is 6.54 Å². The second kappa shape index (κ2) is 4.89. The summed E-state index contributed by atoms with van der Waals surface area (Å²) in [4.78, 5) is 0. The lowest BCUT2D eigenvalue weighted by Crippen LogP contribution is -2.20. The van der Waals surface area contributed by atoms with Crippen LogP contribution in [0.15, 0.2) is 16.7 Å². The van der Waals surface area contributed by atoms with Crippen molar-refractivity contribution >= 4 is 0 Å². The van der Waals surface area contributed by atoms with Crippen molar-refractivity contribution in [3.63, 3.8) is 0 Å². The van der Waals surface area contributed by atoms with Crippen molar-refractivity contribution in [1.82, 2.24) is 25.7 Å². The molecule has 0 aliphatic heterocycles. The van der Waals surface area contributed by atoms with E-state index in [9.17, 15) is 0 Å². The Balaban J connectivity index is 2.18. The van der Waals surface area contributed by atoms with Crippen LogP contribution < -0.4 is 5.32 Å². The lowest BCUT2D eigenvalue weighted by molar-refractivity contribution is 0.401. The van der Waals surface area contributed by atoms with Gasteiger partial charge in [-0.05, 0) is 19.0 Å². The maximum absolute atomic E-state index is 5.58. The van der Waals surface area contributed by atoms with Gasteiger partial charge in [-0.3, -0.25) is 5.10 Å². The maximum atomic E-state index is 5.58. The van der Waals surface area contributed by atoms with Gasteiger partial charge in [-0.15, -0.1) is 10.2 Å². The summed E-state index contributed by atoms with van der Waals surface area (Å²) in [5, 5.41) is 17.9. The highest BCUT2D eigenvalue weighted by molar-refractivity contribution is 5.44. The number of aromatic nitrogens is 4. The van der Waals surface area contributed by atoms with Crippen LogP contribution >= 0.6 is 0 Å². The zero-order valence-electron chi connectivity index (χ0n) is 9.40. The number of hydrogen-bond acceptors (Lipinski definition) is 5. The largest absolute Gasteiger partial charge is 0.418 e. The number of hydrogen-bond donors (Lipinski definition) is 2. The molecule has 0 amide bonds. The summed E-state index contributed by atoms with van der Waals surface area (Å²) in [6.45, 7) is 5.00. The van der Waals surface area contributed by atoms with Gasteiger partial charge in [0.05, 0.1) is 6.04 Å². The number of H-pyrrole nitrogens is 1. The molecule has 1 unspecified atom stereocenters. The molecule has 1 atom stereocenters. The summed E-state index contributed by atoms with van der Waals surface area (Å²) in [7, 11) is 0. The fourth-order valence-corrected chi connectivity index (χ4v) is 1.51. The summed E-state index contributed by atoms with van der Waals surface area (Å²) in [6, 6.07) is 1.92. The highest BCUT2D eigenvalue weighted by atomic mass is 16.4. The zero-order valence-corrected chi connectivity index (χ0v) is 9.40.